The second kappa shape index (κ2) is 7.64. The summed E-state index contributed by atoms with van der Waals surface area (Å²) in [7, 11) is 0. The number of benzene rings is 2. The van der Waals surface area contributed by atoms with Gasteiger partial charge in [-0.2, -0.15) is 5.10 Å². The third-order valence-corrected chi connectivity index (χ3v) is 4.86. The van der Waals surface area contributed by atoms with E-state index in [2.05, 4.69) is 52.7 Å². The molecule has 0 aliphatic carbocycles. The number of rotatable bonds is 4. The average molecular weight is 370 g/mol. The molecule has 2 aromatic carbocycles. The lowest BCUT2D eigenvalue weighted by Gasteiger charge is -2.20. The van der Waals surface area contributed by atoms with Crippen LogP contribution in [0.25, 0.3) is 0 Å². The number of carbonyl (C=O) groups is 1. The summed E-state index contributed by atoms with van der Waals surface area (Å²) >= 11 is 0. The van der Waals surface area contributed by atoms with Gasteiger partial charge in [-0.15, -0.1) is 0 Å². The Hall–Kier alpha value is -3.47. The minimum Gasteiger partial charge on any atom is -0.355 e. The van der Waals surface area contributed by atoms with Crippen molar-refractivity contribution in [2.45, 2.75) is 26.3 Å². The second-order valence-corrected chi connectivity index (χ2v) is 6.98. The van der Waals surface area contributed by atoms with Crippen molar-refractivity contribution in [1.29, 1.82) is 0 Å². The van der Waals surface area contributed by atoms with Crippen molar-refractivity contribution in [3.63, 3.8) is 0 Å². The molecule has 0 spiro atoms. The zero-order valence-corrected chi connectivity index (χ0v) is 16.0. The number of hydrogen-bond acceptors (Lipinski definition) is 4. The minimum absolute atomic E-state index is 0.0494. The van der Waals surface area contributed by atoms with Gasteiger partial charge >= 0.3 is 0 Å². The van der Waals surface area contributed by atoms with E-state index in [1.807, 2.05) is 30.3 Å². The first-order chi connectivity index (χ1) is 13.6. The molecule has 0 saturated carbocycles. The van der Waals surface area contributed by atoms with Crippen LogP contribution in [0.3, 0.4) is 0 Å². The Morgan fingerprint density at radius 3 is 2.50 bits per heavy atom. The van der Waals surface area contributed by atoms with Gasteiger partial charge in [0.25, 0.3) is 0 Å². The van der Waals surface area contributed by atoms with Gasteiger partial charge < -0.3 is 5.32 Å². The Morgan fingerprint density at radius 2 is 1.79 bits per heavy atom. The van der Waals surface area contributed by atoms with Gasteiger partial charge in [0.1, 0.15) is 0 Å². The molecular weight excluding hydrogens is 348 g/mol. The molecule has 0 radical (unpaired) electrons. The molecule has 0 fully saturated rings. The molecule has 0 bridgehead atoms. The van der Waals surface area contributed by atoms with E-state index >= 15 is 0 Å². The van der Waals surface area contributed by atoms with E-state index in [1.165, 1.54) is 5.56 Å². The lowest BCUT2D eigenvalue weighted by Crippen LogP contribution is -2.24. The predicted octanol–water partition coefficient (Wildman–Crippen LogP) is 4.83. The number of amides is 1. The van der Waals surface area contributed by atoms with E-state index in [0.29, 0.717) is 6.42 Å². The molecular formula is C23H22N4O. The highest BCUT2D eigenvalue weighted by Crippen LogP contribution is 2.33. The van der Waals surface area contributed by atoms with E-state index in [1.54, 1.807) is 24.3 Å². The predicted molar refractivity (Wildman–Crippen MR) is 112 cm³/mol. The van der Waals surface area contributed by atoms with Gasteiger partial charge in [-0.3, -0.25) is 9.78 Å². The van der Waals surface area contributed by atoms with Gasteiger partial charge in [-0.25, -0.2) is 5.01 Å². The van der Waals surface area contributed by atoms with Crippen molar-refractivity contribution in [1.82, 2.24) is 9.99 Å². The largest absolute Gasteiger partial charge is 0.355 e. The summed E-state index contributed by atoms with van der Waals surface area (Å²) in [6.45, 7) is 3.62. The van der Waals surface area contributed by atoms with Crippen LogP contribution in [0.15, 0.2) is 78.2 Å². The van der Waals surface area contributed by atoms with Gasteiger partial charge in [-0.1, -0.05) is 42.0 Å². The molecule has 0 saturated heterocycles. The maximum Gasteiger partial charge on any atom is 0.240 e. The Bertz CT molecular complexity index is 1010. The molecule has 1 aromatic heterocycles. The highest BCUT2D eigenvalue weighted by Gasteiger charge is 2.31. The van der Waals surface area contributed by atoms with Gasteiger partial charge in [0.05, 0.1) is 11.8 Å². The van der Waals surface area contributed by atoms with Gasteiger partial charge in [0, 0.05) is 37.1 Å². The molecule has 1 atom stereocenters. The molecule has 28 heavy (non-hydrogen) atoms. The summed E-state index contributed by atoms with van der Waals surface area (Å²) in [6.07, 6.45) is 4.20. The number of carbonyl (C=O) groups excluding carboxylic acids is 1. The van der Waals surface area contributed by atoms with Crippen molar-refractivity contribution in [2.75, 3.05) is 5.32 Å². The van der Waals surface area contributed by atoms with Crippen molar-refractivity contribution in [2.24, 2.45) is 5.10 Å². The molecule has 3 aromatic rings. The second-order valence-electron chi connectivity index (χ2n) is 6.98. The molecule has 5 heteroatoms. The molecule has 1 aliphatic heterocycles. The van der Waals surface area contributed by atoms with Crippen LogP contribution in [-0.4, -0.2) is 21.6 Å². The average Bonchev–Trinajstić information content (AvgIpc) is 3.15. The summed E-state index contributed by atoms with van der Waals surface area (Å²) in [4.78, 5) is 16.2. The number of aryl methyl sites for hydroxylation is 1. The standard InChI is InChI=1S/C23H22N4O/c1-16-6-8-18(9-7-16)23-15-22(26-27(23)17(2)28)19-4-3-5-21(14-19)25-20-10-12-24-13-11-20/h3-14,23H,15H2,1-2H3,(H,24,25). The van der Waals surface area contributed by atoms with Gasteiger partial charge in [0.2, 0.25) is 5.91 Å². The zero-order chi connectivity index (χ0) is 19.5. The molecule has 1 unspecified atom stereocenters. The number of hydrogen-bond donors (Lipinski definition) is 1. The van der Waals surface area contributed by atoms with Crippen LogP contribution in [0.5, 0.6) is 0 Å². The maximum absolute atomic E-state index is 12.2. The summed E-state index contributed by atoms with van der Waals surface area (Å²) in [5, 5.41) is 9.62. The number of pyridine rings is 1. The molecule has 2 heterocycles. The normalized spacial score (nSPS) is 16.0. The molecule has 1 aliphatic rings. The van der Waals surface area contributed by atoms with E-state index in [0.717, 1.165) is 28.2 Å². The molecule has 5 nitrogen and oxygen atoms in total. The van der Waals surface area contributed by atoms with Crippen LogP contribution in [0.2, 0.25) is 0 Å². The third-order valence-electron chi connectivity index (χ3n) is 4.86. The lowest BCUT2D eigenvalue weighted by atomic mass is 9.97. The van der Waals surface area contributed by atoms with E-state index in [-0.39, 0.29) is 11.9 Å². The number of aromatic nitrogens is 1. The van der Waals surface area contributed by atoms with Crippen LogP contribution in [-0.2, 0) is 4.79 Å². The third kappa shape index (κ3) is 3.78. The van der Waals surface area contributed by atoms with Crippen LogP contribution in [0.4, 0.5) is 11.4 Å². The van der Waals surface area contributed by atoms with Crippen molar-refractivity contribution in [3.05, 3.63) is 89.7 Å². The highest BCUT2D eigenvalue weighted by atomic mass is 16.2. The van der Waals surface area contributed by atoms with E-state index in [4.69, 9.17) is 0 Å². The van der Waals surface area contributed by atoms with Gasteiger partial charge in [0.15, 0.2) is 0 Å². The van der Waals surface area contributed by atoms with E-state index < -0.39 is 0 Å². The smallest absolute Gasteiger partial charge is 0.240 e. The molecule has 1 amide bonds. The summed E-state index contributed by atoms with van der Waals surface area (Å²) in [6, 6.07) is 20.2. The fourth-order valence-electron chi connectivity index (χ4n) is 3.40. The number of anilines is 2. The quantitative estimate of drug-likeness (QED) is 0.715. The molecule has 1 N–H and O–H groups in total. The first-order valence-electron chi connectivity index (χ1n) is 9.31. The van der Waals surface area contributed by atoms with Crippen LogP contribution < -0.4 is 5.32 Å². The minimum atomic E-state index is -0.0649. The Morgan fingerprint density at radius 1 is 1.04 bits per heavy atom. The maximum atomic E-state index is 12.2. The van der Waals surface area contributed by atoms with Crippen LogP contribution in [0, 0.1) is 6.92 Å². The number of nitrogens with one attached hydrogen (secondary N) is 1. The van der Waals surface area contributed by atoms with Crippen LogP contribution in [0.1, 0.15) is 36.1 Å². The summed E-state index contributed by atoms with van der Waals surface area (Å²) < 4.78 is 0. The summed E-state index contributed by atoms with van der Waals surface area (Å²) in [5.41, 5.74) is 6.18. The zero-order valence-electron chi connectivity index (χ0n) is 16.0. The summed E-state index contributed by atoms with van der Waals surface area (Å²) in [5.74, 6) is -0.0494. The lowest BCUT2D eigenvalue weighted by molar-refractivity contribution is -0.130. The molecule has 140 valence electrons. The Labute approximate surface area is 164 Å². The first kappa shape index (κ1) is 17.9. The van der Waals surface area contributed by atoms with Crippen molar-refractivity contribution < 1.29 is 4.79 Å². The highest BCUT2D eigenvalue weighted by molar-refractivity contribution is 6.03. The SMILES string of the molecule is CC(=O)N1N=C(c2cccc(Nc3ccncc3)c2)CC1c1ccc(C)cc1. The van der Waals surface area contributed by atoms with Crippen molar-refractivity contribution >= 4 is 23.0 Å². The Kier molecular flexibility index (Phi) is 4.89. The molecule has 4 rings (SSSR count). The topological polar surface area (TPSA) is 57.6 Å². The Balaban J connectivity index is 1.60. The monoisotopic (exact) mass is 370 g/mol. The first-order valence-corrected chi connectivity index (χ1v) is 9.31. The van der Waals surface area contributed by atoms with Gasteiger partial charge in [-0.05, 0) is 42.3 Å². The number of nitrogens with zero attached hydrogens (tertiary/aromatic N) is 3. The fraction of sp³-hybridized carbons (Fsp3) is 0.174. The van der Waals surface area contributed by atoms with E-state index in [9.17, 15) is 4.79 Å². The fourth-order valence-corrected chi connectivity index (χ4v) is 3.40. The van der Waals surface area contributed by atoms with Crippen LogP contribution >= 0.6 is 0 Å². The number of hydrazone groups is 1. The van der Waals surface area contributed by atoms with Crippen molar-refractivity contribution in [3.8, 4) is 0 Å².